The Bertz CT molecular complexity index is 1050. The maximum atomic E-state index is 13.1. The van der Waals surface area contributed by atoms with Gasteiger partial charge in [0.15, 0.2) is 19.7 Å². The molecule has 8 nitrogen and oxygen atoms in total. The summed E-state index contributed by atoms with van der Waals surface area (Å²) < 4.78 is 50.5. The third kappa shape index (κ3) is 4.75. The molecule has 10 heteroatoms. The molecule has 2 atom stereocenters. The number of aromatic nitrogens is 1. The van der Waals surface area contributed by atoms with Crippen molar-refractivity contribution < 1.29 is 21.6 Å². The topological polar surface area (TPSA) is 122 Å². The Morgan fingerprint density at radius 3 is 2.36 bits per heavy atom. The average molecular weight is 424 g/mol. The lowest BCUT2D eigenvalue weighted by molar-refractivity contribution is -0.114. The molecule has 0 unspecified atom stereocenters. The van der Waals surface area contributed by atoms with Crippen molar-refractivity contribution in [2.45, 2.75) is 29.7 Å². The Morgan fingerprint density at radius 1 is 1.11 bits per heavy atom. The minimum atomic E-state index is -3.88. The van der Waals surface area contributed by atoms with Crippen LogP contribution in [0.25, 0.3) is 0 Å². The summed E-state index contributed by atoms with van der Waals surface area (Å²) in [5, 5.41) is 4.56. The molecule has 0 aliphatic carbocycles. The SMILES string of the molecule is CC(=O)Nc1ccc(S(=O)(=O)[C@@H]2CS(=O)(=O)C[C@H]2NCc2ccncc2)cc1. The molecule has 1 aliphatic rings. The van der Waals surface area contributed by atoms with Crippen molar-refractivity contribution in [3.63, 3.8) is 0 Å². The molecule has 0 bridgehead atoms. The van der Waals surface area contributed by atoms with E-state index in [4.69, 9.17) is 0 Å². The highest BCUT2D eigenvalue weighted by molar-refractivity contribution is 7.96. The van der Waals surface area contributed by atoms with E-state index < -0.39 is 36.7 Å². The Balaban J connectivity index is 1.82. The quantitative estimate of drug-likeness (QED) is 0.703. The molecule has 3 rings (SSSR count). The summed E-state index contributed by atoms with van der Waals surface area (Å²) in [5.74, 6) is -0.916. The molecule has 2 heterocycles. The second-order valence-corrected chi connectivity index (χ2v) is 11.0. The Hall–Kier alpha value is -2.30. The number of carbonyl (C=O) groups excluding carboxylic acids is 1. The highest BCUT2D eigenvalue weighted by atomic mass is 32.2. The van der Waals surface area contributed by atoms with E-state index in [0.717, 1.165) is 5.56 Å². The highest BCUT2D eigenvalue weighted by Crippen LogP contribution is 2.27. The van der Waals surface area contributed by atoms with Crippen LogP contribution >= 0.6 is 0 Å². The number of benzene rings is 1. The molecule has 1 amide bonds. The van der Waals surface area contributed by atoms with Gasteiger partial charge in [0.25, 0.3) is 0 Å². The van der Waals surface area contributed by atoms with Crippen LogP contribution in [-0.2, 0) is 31.0 Å². The molecule has 1 saturated heterocycles. The highest BCUT2D eigenvalue weighted by Gasteiger charge is 2.45. The summed E-state index contributed by atoms with van der Waals surface area (Å²) in [7, 11) is -7.35. The van der Waals surface area contributed by atoms with Gasteiger partial charge in [0.1, 0.15) is 0 Å². The molecule has 2 N–H and O–H groups in total. The van der Waals surface area contributed by atoms with Crippen molar-refractivity contribution in [3.8, 4) is 0 Å². The van der Waals surface area contributed by atoms with Crippen LogP contribution in [0.15, 0.2) is 53.7 Å². The number of carbonyl (C=O) groups is 1. The summed E-state index contributed by atoms with van der Waals surface area (Å²) in [6, 6.07) is 8.57. The van der Waals surface area contributed by atoms with E-state index in [-0.39, 0.29) is 16.6 Å². The summed E-state index contributed by atoms with van der Waals surface area (Å²) in [6.07, 6.45) is 3.24. The van der Waals surface area contributed by atoms with Crippen LogP contribution in [0.3, 0.4) is 0 Å². The second kappa shape index (κ2) is 7.98. The zero-order valence-corrected chi connectivity index (χ0v) is 16.8. The number of hydrogen-bond acceptors (Lipinski definition) is 7. The Morgan fingerprint density at radius 2 is 1.75 bits per heavy atom. The summed E-state index contributed by atoms with van der Waals surface area (Å²) >= 11 is 0. The minimum absolute atomic E-state index is 0.0272. The molecular weight excluding hydrogens is 402 g/mol. The van der Waals surface area contributed by atoms with Crippen molar-refractivity contribution in [3.05, 3.63) is 54.4 Å². The molecule has 28 heavy (non-hydrogen) atoms. The van der Waals surface area contributed by atoms with Gasteiger partial charge < -0.3 is 10.6 Å². The number of pyridine rings is 1. The first-order valence-electron chi connectivity index (χ1n) is 8.62. The second-order valence-electron chi connectivity index (χ2n) is 6.71. The van der Waals surface area contributed by atoms with Crippen molar-refractivity contribution in [2.75, 3.05) is 16.8 Å². The average Bonchev–Trinajstić information content (AvgIpc) is 2.96. The number of sulfone groups is 2. The molecule has 1 aliphatic heterocycles. The lowest BCUT2D eigenvalue weighted by Crippen LogP contribution is -2.43. The number of rotatable bonds is 6. The van der Waals surface area contributed by atoms with E-state index >= 15 is 0 Å². The number of amides is 1. The van der Waals surface area contributed by atoms with Crippen molar-refractivity contribution in [2.24, 2.45) is 0 Å². The summed E-state index contributed by atoms with van der Waals surface area (Å²) in [4.78, 5) is 15.0. The van der Waals surface area contributed by atoms with E-state index in [1.165, 1.54) is 31.2 Å². The molecule has 0 spiro atoms. The van der Waals surface area contributed by atoms with E-state index in [1.807, 2.05) is 0 Å². The van der Waals surface area contributed by atoms with Crippen molar-refractivity contribution in [1.29, 1.82) is 0 Å². The summed E-state index contributed by atoms with van der Waals surface area (Å²) in [6.45, 7) is 1.70. The molecule has 1 aromatic carbocycles. The molecule has 1 fully saturated rings. The first-order chi connectivity index (χ1) is 13.2. The number of nitrogens with zero attached hydrogens (tertiary/aromatic N) is 1. The van der Waals surface area contributed by atoms with Gasteiger partial charge in [-0.2, -0.15) is 0 Å². The summed E-state index contributed by atoms with van der Waals surface area (Å²) in [5.41, 5.74) is 1.35. The van der Waals surface area contributed by atoms with Crippen LogP contribution in [0.2, 0.25) is 0 Å². The van der Waals surface area contributed by atoms with Gasteiger partial charge in [-0.05, 0) is 42.0 Å². The normalized spacial score (nSPS) is 21.3. The predicted octanol–water partition coefficient (Wildman–Crippen LogP) is 0.769. The fraction of sp³-hybridized carbons (Fsp3) is 0.333. The first kappa shape index (κ1) is 20.4. The largest absolute Gasteiger partial charge is 0.326 e. The Kier molecular flexibility index (Phi) is 5.82. The molecule has 2 aromatic rings. The molecule has 1 aromatic heterocycles. The lowest BCUT2D eigenvalue weighted by Gasteiger charge is -2.20. The van der Waals surface area contributed by atoms with E-state index in [0.29, 0.717) is 12.2 Å². The van der Waals surface area contributed by atoms with Gasteiger partial charge in [0, 0.05) is 37.6 Å². The number of nitrogens with one attached hydrogen (secondary N) is 2. The van der Waals surface area contributed by atoms with Crippen LogP contribution in [-0.4, -0.2) is 50.5 Å². The van der Waals surface area contributed by atoms with Gasteiger partial charge >= 0.3 is 0 Å². The number of hydrogen-bond donors (Lipinski definition) is 2. The fourth-order valence-corrected chi connectivity index (χ4v) is 7.88. The minimum Gasteiger partial charge on any atom is -0.326 e. The number of anilines is 1. The van der Waals surface area contributed by atoms with Crippen LogP contribution in [0, 0.1) is 0 Å². The zero-order valence-electron chi connectivity index (χ0n) is 15.2. The third-order valence-electron chi connectivity index (χ3n) is 4.52. The van der Waals surface area contributed by atoms with E-state index in [2.05, 4.69) is 15.6 Å². The Labute approximate surface area is 164 Å². The maximum absolute atomic E-state index is 13.1. The predicted molar refractivity (Wildman–Crippen MR) is 105 cm³/mol. The smallest absolute Gasteiger partial charge is 0.221 e. The third-order valence-corrected chi connectivity index (χ3v) is 8.69. The standard InChI is InChI=1S/C18H21N3O5S2/c1-13(22)21-15-2-4-16(5-3-15)28(25,26)18-12-27(23,24)11-17(18)20-10-14-6-8-19-9-7-14/h2-9,17-18,20H,10-12H2,1H3,(H,21,22)/t17-,18-/m1/s1. The van der Waals surface area contributed by atoms with E-state index in [1.54, 1.807) is 24.5 Å². The van der Waals surface area contributed by atoms with Crippen molar-refractivity contribution in [1.82, 2.24) is 10.3 Å². The van der Waals surface area contributed by atoms with Crippen LogP contribution in [0.1, 0.15) is 12.5 Å². The molecule has 150 valence electrons. The van der Waals surface area contributed by atoms with Gasteiger partial charge in [-0.15, -0.1) is 0 Å². The van der Waals surface area contributed by atoms with Crippen molar-refractivity contribution >= 4 is 31.3 Å². The zero-order chi connectivity index (χ0) is 20.4. The molecule has 0 radical (unpaired) electrons. The van der Waals surface area contributed by atoms with Gasteiger partial charge in [-0.1, -0.05) is 0 Å². The van der Waals surface area contributed by atoms with Crippen LogP contribution in [0.5, 0.6) is 0 Å². The van der Waals surface area contributed by atoms with E-state index in [9.17, 15) is 21.6 Å². The van der Waals surface area contributed by atoms with Gasteiger partial charge in [-0.25, -0.2) is 16.8 Å². The van der Waals surface area contributed by atoms with Crippen LogP contribution < -0.4 is 10.6 Å². The molecular formula is C18H21N3O5S2. The monoisotopic (exact) mass is 423 g/mol. The molecule has 0 saturated carbocycles. The van der Waals surface area contributed by atoms with Gasteiger partial charge in [-0.3, -0.25) is 9.78 Å². The lowest BCUT2D eigenvalue weighted by atomic mass is 10.2. The van der Waals surface area contributed by atoms with Crippen LogP contribution in [0.4, 0.5) is 5.69 Å². The fourth-order valence-electron chi connectivity index (χ4n) is 3.17. The maximum Gasteiger partial charge on any atom is 0.221 e. The first-order valence-corrected chi connectivity index (χ1v) is 12.0. The van der Waals surface area contributed by atoms with Gasteiger partial charge in [0.2, 0.25) is 5.91 Å². The van der Waals surface area contributed by atoms with Gasteiger partial charge in [0.05, 0.1) is 21.7 Å².